The standard InChI is InChI=1S/C11H12N2OS/c14-7-5-9(12-6-7)11-13-8-3-1-2-4-10(8)15-11/h1-4,7,9,12,14H,5-6H2/t7-,9+/m1/s1. The van der Waals surface area contributed by atoms with Crippen molar-refractivity contribution in [1.29, 1.82) is 0 Å². The van der Waals surface area contributed by atoms with Gasteiger partial charge in [0.1, 0.15) is 5.01 Å². The van der Waals surface area contributed by atoms with E-state index in [1.165, 1.54) is 4.70 Å². The first-order valence-corrected chi connectivity index (χ1v) is 5.91. The molecule has 2 N–H and O–H groups in total. The van der Waals surface area contributed by atoms with E-state index < -0.39 is 0 Å². The number of aromatic nitrogens is 1. The van der Waals surface area contributed by atoms with Gasteiger partial charge in [-0.15, -0.1) is 11.3 Å². The predicted molar refractivity (Wildman–Crippen MR) is 61.0 cm³/mol. The number of nitrogens with one attached hydrogen (secondary N) is 1. The maximum absolute atomic E-state index is 9.45. The van der Waals surface area contributed by atoms with E-state index in [0.717, 1.165) is 16.9 Å². The van der Waals surface area contributed by atoms with E-state index in [9.17, 15) is 5.11 Å². The highest BCUT2D eigenvalue weighted by atomic mass is 32.1. The van der Waals surface area contributed by atoms with Crippen LogP contribution in [0.15, 0.2) is 24.3 Å². The highest BCUT2D eigenvalue weighted by molar-refractivity contribution is 7.18. The number of hydrogen-bond donors (Lipinski definition) is 2. The van der Waals surface area contributed by atoms with Gasteiger partial charge >= 0.3 is 0 Å². The minimum Gasteiger partial charge on any atom is -0.392 e. The Labute approximate surface area is 91.8 Å². The summed E-state index contributed by atoms with van der Waals surface area (Å²) >= 11 is 1.71. The lowest BCUT2D eigenvalue weighted by molar-refractivity contribution is 0.193. The van der Waals surface area contributed by atoms with Gasteiger partial charge in [-0.25, -0.2) is 4.98 Å². The Morgan fingerprint density at radius 3 is 3.00 bits per heavy atom. The van der Waals surface area contributed by atoms with Crippen molar-refractivity contribution in [1.82, 2.24) is 10.3 Å². The Bertz CT molecular complexity index is 449. The number of thiazole rings is 1. The van der Waals surface area contributed by atoms with Gasteiger partial charge in [0.15, 0.2) is 0 Å². The molecule has 1 fully saturated rings. The van der Waals surface area contributed by atoms with Gasteiger partial charge < -0.3 is 10.4 Å². The zero-order valence-corrected chi connectivity index (χ0v) is 9.00. The Balaban J connectivity index is 1.98. The van der Waals surface area contributed by atoms with Gasteiger partial charge in [0.25, 0.3) is 0 Å². The van der Waals surface area contributed by atoms with Crippen LogP contribution in [0, 0.1) is 0 Å². The summed E-state index contributed by atoms with van der Waals surface area (Å²) in [5.41, 5.74) is 1.06. The first-order chi connectivity index (χ1) is 7.33. The number of rotatable bonds is 1. The van der Waals surface area contributed by atoms with Crippen molar-refractivity contribution in [2.75, 3.05) is 6.54 Å². The Hall–Kier alpha value is -0.970. The molecule has 1 saturated heterocycles. The van der Waals surface area contributed by atoms with E-state index in [1.54, 1.807) is 11.3 Å². The summed E-state index contributed by atoms with van der Waals surface area (Å²) < 4.78 is 1.22. The number of β-amino-alcohol motifs (C(OH)–C–C–N with tert-alkyl or cyclic N) is 1. The average molecular weight is 220 g/mol. The summed E-state index contributed by atoms with van der Waals surface area (Å²) in [7, 11) is 0. The van der Waals surface area contributed by atoms with Crippen molar-refractivity contribution < 1.29 is 5.11 Å². The predicted octanol–water partition coefficient (Wildman–Crippen LogP) is 1.69. The molecule has 2 heterocycles. The highest BCUT2D eigenvalue weighted by Crippen LogP contribution is 2.30. The number of benzene rings is 1. The van der Waals surface area contributed by atoms with Crippen LogP contribution in [0.5, 0.6) is 0 Å². The summed E-state index contributed by atoms with van der Waals surface area (Å²) in [6.07, 6.45) is 0.557. The van der Waals surface area contributed by atoms with Crippen LogP contribution in [0.4, 0.5) is 0 Å². The van der Waals surface area contributed by atoms with E-state index >= 15 is 0 Å². The van der Waals surface area contributed by atoms with E-state index in [-0.39, 0.29) is 12.1 Å². The molecular weight excluding hydrogens is 208 g/mol. The fraction of sp³-hybridized carbons (Fsp3) is 0.364. The third kappa shape index (κ3) is 1.65. The minimum atomic E-state index is -0.220. The topological polar surface area (TPSA) is 45.1 Å². The van der Waals surface area contributed by atoms with Crippen LogP contribution in [-0.4, -0.2) is 22.7 Å². The quantitative estimate of drug-likeness (QED) is 0.768. The third-order valence-electron chi connectivity index (χ3n) is 2.72. The molecule has 0 unspecified atom stereocenters. The van der Waals surface area contributed by atoms with Gasteiger partial charge in [-0.1, -0.05) is 12.1 Å². The molecule has 1 aromatic carbocycles. The molecular formula is C11H12N2OS. The summed E-state index contributed by atoms with van der Waals surface area (Å²) in [5.74, 6) is 0. The van der Waals surface area contributed by atoms with Gasteiger partial charge in [0.05, 0.1) is 22.4 Å². The zero-order chi connectivity index (χ0) is 10.3. The Kier molecular flexibility index (Phi) is 2.20. The molecule has 0 spiro atoms. The fourth-order valence-electron chi connectivity index (χ4n) is 1.94. The second kappa shape index (κ2) is 3.56. The van der Waals surface area contributed by atoms with Gasteiger partial charge in [-0.05, 0) is 18.6 Å². The monoisotopic (exact) mass is 220 g/mol. The van der Waals surface area contributed by atoms with Gasteiger partial charge in [-0.3, -0.25) is 0 Å². The van der Waals surface area contributed by atoms with Crippen molar-refractivity contribution >= 4 is 21.6 Å². The molecule has 1 aromatic heterocycles. The number of nitrogens with zero attached hydrogens (tertiary/aromatic N) is 1. The highest BCUT2D eigenvalue weighted by Gasteiger charge is 2.25. The molecule has 4 heteroatoms. The molecule has 2 atom stereocenters. The molecule has 0 radical (unpaired) electrons. The van der Waals surface area contributed by atoms with E-state index in [1.807, 2.05) is 18.2 Å². The van der Waals surface area contributed by atoms with Gasteiger partial charge in [-0.2, -0.15) is 0 Å². The van der Waals surface area contributed by atoms with E-state index in [2.05, 4.69) is 16.4 Å². The molecule has 2 aromatic rings. The largest absolute Gasteiger partial charge is 0.392 e. The van der Waals surface area contributed by atoms with E-state index in [4.69, 9.17) is 0 Å². The molecule has 78 valence electrons. The van der Waals surface area contributed by atoms with Crippen LogP contribution in [0.25, 0.3) is 10.2 Å². The maximum atomic E-state index is 9.45. The first-order valence-electron chi connectivity index (χ1n) is 5.10. The van der Waals surface area contributed by atoms with Crippen molar-refractivity contribution in [3.05, 3.63) is 29.3 Å². The molecule has 0 amide bonds. The summed E-state index contributed by atoms with van der Waals surface area (Å²) in [6.45, 7) is 0.681. The Morgan fingerprint density at radius 1 is 1.40 bits per heavy atom. The zero-order valence-electron chi connectivity index (χ0n) is 8.18. The van der Waals surface area contributed by atoms with Crippen LogP contribution in [0.2, 0.25) is 0 Å². The normalized spacial score (nSPS) is 26.2. The maximum Gasteiger partial charge on any atom is 0.111 e. The van der Waals surface area contributed by atoms with Crippen LogP contribution < -0.4 is 5.32 Å². The van der Waals surface area contributed by atoms with Crippen molar-refractivity contribution in [3.63, 3.8) is 0 Å². The number of aliphatic hydroxyl groups excluding tert-OH is 1. The van der Waals surface area contributed by atoms with Gasteiger partial charge in [0.2, 0.25) is 0 Å². The second-order valence-corrected chi connectivity index (χ2v) is 4.93. The Morgan fingerprint density at radius 2 is 2.27 bits per heavy atom. The van der Waals surface area contributed by atoms with E-state index in [0.29, 0.717) is 6.54 Å². The van der Waals surface area contributed by atoms with Crippen molar-refractivity contribution in [2.45, 2.75) is 18.6 Å². The number of hydrogen-bond acceptors (Lipinski definition) is 4. The molecule has 1 aliphatic rings. The molecule has 0 bridgehead atoms. The van der Waals surface area contributed by atoms with Crippen LogP contribution in [0.3, 0.4) is 0 Å². The summed E-state index contributed by atoms with van der Waals surface area (Å²) in [4.78, 5) is 4.57. The van der Waals surface area contributed by atoms with Gasteiger partial charge in [0, 0.05) is 6.54 Å². The summed E-state index contributed by atoms with van der Waals surface area (Å²) in [5, 5.41) is 13.8. The van der Waals surface area contributed by atoms with Crippen molar-refractivity contribution in [3.8, 4) is 0 Å². The summed E-state index contributed by atoms with van der Waals surface area (Å²) in [6, 6.07) is 8.38. The SMILES string of the molecule is O[C@H]1CN[C@H](c2nc3ccccc3s2)C1. The lowest BCUT2D eigenvalue weighted by Crippen LogP contribution is -2.14. The second-order valence-electron chi connectivity index (χ2n) is 3.87. The first kappa shape index (κ1) is 9.27. The smallest absolute Gasteiger partial charge is 0.111 e. The number of para-hydroxylation sites is 1. The van der Waals surface area contributed by atoms with Crippen LogP contribution >= 0.6 is 11.3 Å². The lowest BCUT2D eigenvalue weighted by Gasteiger charge is -2.03. The average Bonchev–Trinajstić information content (AvgIpc) is 2.82. The van der Waals surface area contributed by atoms with Crippen LogP contribution in [-0.2, 0) is 0 Å². The van der Waals surface area contributed by atoms with Crippen LogP contribution in [0.1, 0.15) is 17.5 Å². The molecule has 3 rings (SSSR count). The number of fused-ring (bicyclic) bond motifs is 1. The molecule has 0 saturated carbocycles. The fourth-order valence-corrected chi connectivity index (χ4v) is 3.00. The number of aliphatic hydroxyl groups is 1. The van der Waals surface area contributed by atoms with Crippen molar-refractivity contribution in [2.24, 2.45) is 0 Å². The molecule has 15 heavy (non-hydrogen) atoms. The molecule has 0 aliphatic carbocycles. The minimum absolute atomic E-state index is 0.220. The third-order valence-corrected chi connectivity index (χ3v) is 3.87. The molecule has 1 aliphatic heterocycles. The lowest BCUT2D eigenvalue weighted by atomic mass is 10.2. The molecule has 3 nitrogen and oxygen atoms in total.